The van der Waals surface area contributed by atoms with Crippen LogP contribution in [0.5, 0.6) is 5.75 Å². The minimum absolute atomic E-state index is 0. The number of hydrogen-bond donors (Lipinski definition) is 1. The quantitative estimate of drug-likeness (QED) is 0.708. The monoisotopic (exact) mass is 402 g/mol. The molecule has 1 aliphatic heterocycles. The second-order valence-corrected chi connectivity index (χ2v) is 6.66. The average Bonchev–Trinajstić information content (AvgIpc) is 3.17. The van der Waals surface area contributed by atoms with Crippen molar-refractivity contribution >= 4 is 12.4 Å². The first-order chi connectivity index (χ1) is 13.2. The zero-order chi connectivity index (χ0) is 18.6. The summed E-state index contributed by atoms with van der Waals surface area (Å²) >= 11 is 0. The number of nitrogens with zero attached hydrogens (tertiary/aromatic N) is 3. The summed E-state index contributed by atoms with van der Waals surface area (Å²) in [6.07, 6.45) is 1.92. The maximum Gasteiger partial charge on any atom is 0.123 e. The zero-order valence-electron chi connectivity index (χ0n) is 15.7. The molecule has 4 rings (SSSR count). The van der Waals surface area contributed by atoms with Gasteiger partial charge in [0.05, 0.1) is 24.5 Å². The van der Waals surface area contributed by atoms with E-state index >= 15 is 0 Å². The van der Waals surface area contributed by atoms with Crippen molar-refractivity contribution in [2.24, 2.45) is 0 Å². The lowest BCUT2D eigenvalue weighted by Gasteiger charge is -2.36. The molecule has 28 heavy (non-hydrogen) atoms. The topological polar surface area (TPSA) is 42.3 Å². The van der Waals surface area contributed by atoms with E-state index in [1.807, 2.05) is 30.5 Å². The van der Waals surface area contributed by atoms with E-state index in [0.717, 1.165) is 43.3 Å². The fourth-order valence-electron chi connectivity index (χ4n) is 3.58. The van der Waals surface area contributed by atoms with E-state index in [1.54, 1.807) is 23.9 Å². The molecule has 1 saturated heterocycles. The van der Waals surface area contributed by atoms with Gasteiger partial charge in [0, 0.05) is 37.9 Å². The lowest BCUT2D eigenvalue weighted by Crippen LogP contribution is -2.45. The van der Waals surface area contributed by atoms with Gasteiger partial charge in [0.2, 0.25) is 0 Å². The molecule has 1 aliphatic rings. The van der Waals surface area contributed by atoms with Gasteiger partial charge < -0.3 is 10.1 Å². The maximum atomic E-state index is 13.1. The van der Waals surface area contributed by atoms with Gasteiger partial charge in [-0.1, -0.05) is 18.2 Å². The molecule has 0 radical (unpaired) electrons. The van der Waals surface area contributed by atoms with Gasteiger partial charge in [0.25, 0.3) is 0 Å². The van der Waals surface area contributed by atoms with Crippen LogP contribution in [0.15, 0.2) is 60.8 Å². The third kappa shape index (κ3) is 4.35. The third-order valence-electron chi connectivity index (χ3n) is 4.95. The first kappa shape index (κ1) is 20.3. The van der Waals surface area contributed by atoms with E-state index in [2.05, 4.69) is 21.4 Å². The Kier molecular flexibility index (Phi) is 6.67. The van der Waals surface area contributed by atoms with Crippen LogP contribution >= 0.6 is 12.4 Å². The van der Waals surface area contributed by atoms with Crippen molar-refractivity contribution in [3.63, 3.8) is 0 Å². The number of benzene rings is 2. The number of ether oxygens (including phenoxy) is 1. The summed E-state index contributed by atoms with van der Waals surface area (Å²) < 4.78 is 20.5. The molecule has 1 N–H and O–H groups in total. The number of methoxy groups -OCH3 is 1. The molecule has 0 aliphatic carbocycles. The minimum Gasteiger partial charge on any atom is -0.496 e. The molecule has 1 fully saturated rings. The molecular formula is C21H24ClFN4O. The summed E-state index contributed by atoms with van der Waals surface area (Å²) in [7, 11) is 1.71. The van der Waals surface area contributed by atoms with Crippen molar-refractivity contribution in [2.75, 3.05) is 26.7 Å². The second-order valence-electron chi connectivity index (χ2n) is 6.66. The van der Waals surface area contributed by atoms with E-state index in [-0.39, 0.29) is 24.3 Å². The van der Waals surface area contributed by atoms with Crippen LogP contribution in [-0.2, 0) is 6.54 Å². The molecule has 0 saturated carbocycles. The van der Waals surface area contributed by atoms with Gasteiger partial charge in [-0.3, -0.25) is 4.90 Å². The van der Waals surface area contributed by atoms with Gasteiger partial charge in [-0.25, -0.2) is 9.07 Å². The number of hydrogen-bond acceptors (Lipinski definition) is 4. The summed E-state index contributed by atoms with van der Waals surface area (Å²) in [5.41, 5.74) is 3.02. The molecule has 3 aromatic rings. The SMILES string of the molecule is COc1ccccc1C1CNCCN1Cc1ccn(-c2ccc(F)cc2)n1.Cl. The van der Waals surface area contributed by atoms with E-state index < -0.39 is 0 Å². The van der Waals surface area contributed by atoms with Crippen LogP contribution in [0.2, 0.25) is 0 Å². The fourth-order valence-corrected chi connectivity index (χ4v) is 3.58. The smallest absolute Gasteiger partial charge is 0.123 e. The van der Waals surface area contributed by atoms with Gasteiger partial charge in [-0.2, -0.15) is 5.10 Å². The standard InChI is InChI=1S/C21H23FN4O.ClH/c1-27-21-5-3-2-4-19(21)20-14-23-11-13-25(20)15-17-10-12-26(24-17)18-8-6-16(22)7-9-18;/h2-10,12,20,23H,11,13-15H2,1H3;1H. The number of halogens is 2. The summed E-state index contributed by atoms with van der Waals surface area (Å²) in [6.45, 7) is 3.51. The van der Waals surface area contributed by atoms with Crippen LogP contribution < -0.4 is 10.1 Å². The highest BCUT2D eigenvalue weighted by Crippen LogP contribution is 2.31. The highest BCUT2D eigenvalue weighted by molar-refractivity contribution is 5.85. The third-order valence-corrected chi connectivity index (χ3v) is 4.95. The maximum absolute atomic E-state index is 13.1. The van der Waals surface area contributed by atoms with Crippen LogP contribution in [0.25, 0.3) is 5.69 Å². The minimum atomic E-state index is -0.244. The summed E-state index contributed by atoms with van der Waals surface area (Å²) in [6, 6.07) is 16.8. The number of para-hydroxylation sites is 1. The van der Waals surface area contributed by atoms with Crippen LogP contribution in [0, 0.1) is 5.82 Å². The molecule has 1 aromatic heterocycles. The van der Waals surface area contributed by atoms with Gasteiger partial charge in [-0.15, -0.1) is 12.4 Å². The van der Waals surface area contributed by atoms with Gasteiger partial charge in [0.15, 0.2) is 0 Å². The normalized spacial score (nSPS) is 17.1. The van der Waals surface area contributed by atoms with E-state index in [0.29, 0.717) is 0 Å². The number of piperazine rings is 1. The molecule has 0 amide bonds. The van der Waals surface area contributed by atoms with E-state index in [9.17, 15) is 4.39 Å². The predicted molar refractivity (Wildman–Crippen MR) is 110 cm³/mol. The molecule has 2 aromatic carbocycles. The van der Waals surface area contributed by atoms with E-state index in [1.165, 1.54) is 17.7 Å². The van der Waals surface area contributed by atoms with Crippen molar-refractivity contribution in [3.8, 4) is 11.4 Å². The van der Waals surface area contributed by atoms with Crippen LogP contribution in [0.3, 0.4) is 0 Å². The molecule has 1 unspecified atom stereocenters. The van der Waals surface area contributed by atoms with E-state index in [4.69, 9.17) is 4.74 Å². The summed E-state index contributed by atoms with van der Waals surface area (Å²) in [5.74, 6) is 0.666. The average molecular weight is 403 g/mol. The fraction of sp³-hybridized carbons (Fsp3) is 0.286. The van der Waals surface area contributed by atoms with Crippen molar-refractivity contribution in [3.05, 3.63) is 77.9 Å². The van der Waals surface area contributed by atoms with Gasteiger partial charge in [-0.05, 0) is 36.4 Å². The molecular weight excluding hydrogens is 379 g/mol. The first-order valence-corrected chi connectivity index (χ1v) is 9.13. The number of aromatic nitrogens is 2. The Labute approximate surface area is 170 Å². The Morgan fingerprint density at radius 3 is 2.71 bits per heavy atom. The Morgan fingerprint density at radius 1 is 1.14 bits per heavy atom. The molecule has 1 atom stereocenters. The van der Waals surface area contributed by atoms with Gasteiger partial charge >= 0.3 is 0 Å². The molecule has 2 heterocycles. The Hall–Kier alpha value is -2.41. The zero-order valence-corrected chi connectivity index (χ0v) is 16.5. The first-order valence-electron chi connectivity index (χ1n) is 9.13. The molecule has 148 valence electrons. The molecule has 0 spiro atoms. The Morgan fingerprint density at radius 2 is 1.93 bits per heavy atom. The van der Waals surface area contributed by atoms with Crippen molar-refractivity contribution < 1.29 is 9.13 Å². The lowest BCUT2D eigenvalue weighted by molar-refractivity contribution is 0.149. The van der Waals surface area contributed by atoms with Crippen LogP contribution in [0.4, 0.5) is 4.39 Å². The van der Waals surface area contributed by atoms with Crippen molar-refractivity contribution in [2.45, 2.75) is 12.6 Å². The number of nitrogens with one attached hydrogen (secondary N) is 1. The highest BCUT2D eigenvalue weighted by Gasteiger charge is 2.26. The van der Waals surface area contributed by atoms with Gasteiger partial charge in [0.1, 0.15) is 11.6 Å². The second kappa shape index (κ2) is 9.19. The summed E-state index contributed by atoms with van der Waals surface area (Å²) in [4.78, 5) is 2.42. The van der Waals surface area contributed by atoms with Crippen LogP contribution in [0.1, 0.15) is 17.3 Å². The predicted octanol–water partition coefficient (Wildman–Crippen LogP) is 3.59. The van der Waals surface area contributed by atoms with Crippen molar-refractivity contribution in [1.29, 1.82) is 0 Å². The summed E-state index contributed by atoms with van der Waals surface area (Å²) in [5, 5.41) is 8.15. The van der Waals surface area contributed by atoms with Crippen molar-refractivity contribution in [1.82, 2.24) is 20.0 Å². The Balaban J connectivity index is 0.00000225. The molecule has 7 heteroatoms. The lowest BCUT2D eigenvalue weighted by atomic mass is 10.0. The number of rotatable bonds is 5. The molecule has 5 nitrogen and oxygen atoms in total. The van der Waals surface area contributed by atoms with Crippen LogP contribution in [-0.4, -0.2) is 41.4 Å². The Bertz CT molecular complexity index is 899. The highest BCUT2D eigenvalue weighted by atomic mass is 35.5. The molecule has 0 bridgehead atoms. The largest absolute Gasteiger partial charge is 0.496 e.